The quantitative estimate of drug-likeness (QED) is 0.676. The number of rotatable bonds is 4. The van der Waals surface area contributed by atoms with Gasteiger partial charge in [-0.15, -0.1) is 0 Å². The van der Waals surface area contributed by atoms with Crippen molar-refractivity contribution in [3.63, 3.8) is 0 Å². The summed E-state index contributed by atoms with van der Waals surface area (Å²) in [5.74, 6) is -0.284. The average Bonchev–Trinajstić information content (AvgIpc) is 3.10. The molecule has 0 saturated carbocycles. The number of aromatic nitrogens is 3. The summed E-state index contributed by atoms with van der Waals surface area (Å²) in [5, 5.41) is 11.1. The van der Waals surface area contributed by atoms with E-state index in [9.17, 15) is 14.4 Å². The van der Waals surface area contributed by atoms with Gasteiger partial charge in [-0.3, -0.25) is 14.9 Å². The highest BCUT2D eigenvalue weighted by molar-refractivity contribution is 6.06. The van der Waals surface area contributed by atoms with E-state index in [1.165, 1.54) is 6.20 Å². The Hall–Kier alpha value is -3.23. The van der Waals surface area contributed by atoms with Crippen LogP contribution in [0.1, 0.15) is 6.42 Å². The number of nitrogens with one attached hydrogen (secondary N) is 3. The molecule has 0 spiro atoms. The van der Waals surface area contributed by atoms with Gasteiger partial charge in [0.2, 0.25) is 5.91 Å². The van der Waals surface area contributed by atoms with E-state index in [0.29, 0.717) is 11.5 Å². The van der Waals surface area contributed by atoms with Gasteiger partial charge in [-0.2, -0.15) is 5.10 Å². The summed E-state index contributed by atoms with van der Waals surface area (Å²) >= 11 is 0. The Morgan fingerprint density at radius 3 is 2.82 bits per heavy atom. The minimum atomic E-state index is -0.844. The number of pyridine rings is 1. The molecule has 0 bridgehead atoms. The van der Waals surface area contributed by atoms with E-state index in [4.69, 9.17) is 0 Å². The lowest BCUT2D eigenvalue weighted by molar-refractivity contribution is -0.124. The normalized spacial score (nSPS) is 17.0. The summed E-state index contributed by atoms with van der Waals surface area (Å²) in [5.41, 5.74) is 0.491. The van der Waals surface area contributed by atoms with Crippen molar-refractivity contribution in [1.82, 2.24) is 25.4 Å². The van der Waals surface area contributed by atoms with Crippen LogP contribution in [-0.2, 0) is 9.59 Å². The van der Waals surface area contributed by atoms with Gasteiger partial charge in [0.05, 0.1) is 18.3 Å². The average molecular weight is 300 g/mol. The zero-order chi connectivity index (χ0) is 15.5. The predicted molar refractivity (Wildman–Crippen MR) is 75.1 cm³/mol. The molecule has 3 heterocycles. The fraction of sp³-hybridized carbons (Fsp3) is 0.154. The lowest BCUT2D eigenvalue weighted by Crippen LogP contribution is -2.33. The molecule has 0 radical (unpaired) electrons. The Morgan fingerprint density at radius 1 is 1.36 bits per heavy atom. The van der Waals surface area contributed by atoms with Gasteiger partial charge >= 0.3 is 6.03 Å². The molecule has 112 valence electrons. The van der Waals surface area contributed by atoms with Crippen LogP contribution in [0.4, 0.5) is 10.5 Å². The molecule has 3 rings (SSSR count). The van der Waals surface area contributed by atoms with Crippen LogP contribution < -0.4 is 16.0 Å². The molecule has 22 heavy (non-hydrogen) atoms. The van der Waals surface area contributed by atoms with E-state index >= 15 is 0 Å². The maximum Gasteiger partial charge on any atom is 0.322 e. The highest BCUT2D eigenvalue weighted by Gasteiger charge is 2.31. The maximum atomic E-state index is 11.8. The summed E-state index contributed by atoms with van der Waals surface area (Å²) in [6.45, 7) is 0. The van der Waals surface area contributed by atoms with Gasteiger partial charge in [0.15, 0.2) is 5.82 Å². The Labute approximate surface area is 124 Å². The van der Waals surface area contributed by atoms with Crippen LogP contribution in [0.2, 0.25) is 0 Å². The van der Waals surface area contributed by atoms with Crippen LogP contribution in [0, 0.1) is 0 Å². The molecular formula is C13H12N6O3. The van der Waals surface area contributed by atoms with Crippen molar-refractivity contribution < 1.29 is 14.4 Å². The number of urea groups is 1. The number of hydrogen-bond acceptors (Lipinski definition) is 5. The maximum absolute atomic E-state index is 11.8. The van der Waals surface area contributed by atoms with Crippen molar-refractivity contribution in [2.75, 3.05) is 5.32 Å². The molecule has 0 unspecified atom stereocenters. The van der Waals surface area contributed by atoms with Crippen molar-refractivity contribution in [3.8, 4) is 5.82 Å². The number of hydrogen-bond donors (Lipinski definition) is 3. The molecule has 1 saturated heterocycles. The van der Waals surface area contributed by atoms with Crippen LogP contribution in [0.3, 0.4) is 0 Å². The standard InChI is InChI=1S/C13H12N6O3/c20-11(6-9-12(21)18-13(22)17-9)16-8-2-3-10(14-7-8)19-5-1-4-15-19/h1-5,7,9H,6H2,(H,16,20)(H2,17,18,21,22)/t9-/m0/s1. The van der Waals surface area contributed by atoms with Gasteiger partial charge in [-0.25, -0.2) is 14.5 Å². The summed E-state index contributed by atoms with van der Waals surface area (Å²) in [7, 11) is 0. The van der Waals surface area contributed by atoms with E-state index in [1.54, 1.807) is 35.3 Å². The number of imide groups is 1. The van der Waals surface area contributed by atoms with Crippen molar-refractivity contribution in [2.45, 2.75) is 12.5 Å². The van der Waals surface area contributed by atoms with Crippen molar-refractivity contribution in [1.29, 1.82) is 0 Å². The fourth-order valence-corrected chi connectivity index (χ4v) is 2.00. The molecule has 0 aromatic carbocycles. The molecule has 1 aliphatic heterocycles. The van der Waals surface area contributed by atoms with E-state index in [1.807, 2.05) is 0 Å². The Morgan fingerprint density at radius 2 is 2.23 bits per heavy atom. The van der Waals surface area contributed by atoms with Crippen molar-refractivity contribution in [2.24, 2.45) is 0 Å². The van der Waals surface area contributed by atoms with Gasteiger partial charge in [-0.05, 0) is 18.2 Å². The van der Waals surface area contributed by atoms with E-state index in [2.05, 4.69) is 26.0 Å². The lowest BCUT2D eigenvalue weighted by Gasteiger charge is -2.08. The highest BCUT2D eigenvalue weighted by atomic mass is 16.2. The van der Waals surface area contributed by atoms with E-state index in [-0.39, 0.29) is 6.42 Å². The van der Waals surface area contributed by atoms with Crippen molar-refractivity contribution >= 4 is 23.5 Å². The summed E-state index contributed by atoms with van der Waals surface area (Å²) in [6.07, 6.45) is 4.74. The third-order valence-electron chi connectivity index (χ3n) is 3.02. The van der Waals surface area contributed by atoms with Gasteiger partial charge in [0, 0.05) is 12.4 Å². The molecule has 1 fully saturated rings. The zero-order valence-corrected chi connectivity index (χ0v) is 11.3. The second-order valence-corrected chi connectivity index (χ2v) is 4.62. The number of carbonyl (C=O) groups is 3. The third kappa shape index (κ3) is 2.92. The predicted octanol–water partition coefficient (Wildman–Crippen LogP) is -0.196. The molecule has 3 N–H and O–H groups in total. The first-order chi connectivity index (χ1) is 10.6. The molecular weight excluding hydrogens is 288 g/mol. The molecule has 9 heteroatoms. The molecule has 2 aromatic rings. The molecule has 9 nitrogen and oxygen atoms in total. The Kier molecular flexibility index (Phi) is 3.52. The second kappa shape index (κ2) is 5.64. The summed E-state index contributed by atoms with van der Waals surface area (Å²) < 4.78 is 1.59. The van der Waals surface area contributed by atoms with Gasteiger partial charge in [0.25, 0.3) is 5.91 Å². The number of amides is 4. The smallest absolute Gasteiger partial charge is 0.322 e. The molecule has 0 aliphatic carbocycles. The van der Waals surface area contributed by atoms with Crippen LogP contribution >= 0.6 is 0 Å². The van der Waals surface area contributed by atoms with Gasteiger partial charge in [0.1, 0.15) is 6.04 Å². The highest BCUT2D eigenvalue weighted by Crippen LogP contribution is 2.10. The first-order valence-electron chi connectivity index (χ1n) is 6.49. The largest absolute Gasteiger partial charge is 0.325 e. The number of carbonyl (C=O) groups excluding carboxylic acids is 3. The Bertz CT molecular complexity index is 710. The third-order valence-corrected chi connectivity index (χ3v) is 3.02. The minimum Gasteiger partial charge on any atom is -0.325 e. The lowest BCUT2D eigenvalue weighted by atomic mass is 10.2. The first-order valence-corrected chi connectivity index (χ1v) is 6.49. The van der Waals surface area contributed by atoms with Crippen LogP contribution in [-0.4, -0.2) is 38.7 Å². The van der Waals surface area contributed by atoms with Crippen LogP contribution in [0.5, 0.6) is 0 Å². The van der Waals surface area contributed by atoms with Gasteiger partial charge in [-0.1, -0.05) is 0 Å². The molecule has 4 amide bonds. The SMILES string of the molecule is O=C(C[C@@H]1NC(=O)NC1=O)Nc1ccc(-n2cccn2)nc1. The monoisotopic (exact) mass is 300 g/mol. The molecule has 1 aliphatic rings. The molecule has 2 aromatic heterocycles. The number of anilines is 1. The minimum absolute atomic E-state index is 0.140. The Balaban J connectivity index is 1.60. The van der Waals surface area contributed by atoms with E-state index in [0.717, 1.165) is 0 Å². The number of nitrogens with zero attached hydrogens (tertiary/aromatic N) is 3. The molecule has 1 atom stereocenters. The van der Waals surface area contributed by atoms with Crippen LogP contribution in [0.25, 0.3) is 5.82 Å². The summed E-state index contributed by atoms with van der Waals surface area (Å²) in [4.78, 5) is 38.3. The zero-order valence-electron chi connectivity index (χ0n) is 11.3. The fourth-order valence-electron chi connectivity index (χ4n) is 2.00. The van der Waals surface area contributed by atoms with Crippen LogP contribution in [0.15, 0.2) is 36.8 Å². The topological polar surface area (TPSA) is 118 Å². The summed E-state index contributed by atoms with van der Waals surface area (Å²) in [6, 6.07) is 3.72. The first kappa shape index (κ1) is 13.7. The van der Waals surface area contributed by atoms with E-state index < -0.39 is 23.9 Å². The van der Waals surface area contributed by atoms with Gasteiger partial charge < -0.3 is 10.6 Å². The second-order valence-electron chi connectivity index (χ2n) is 4.62. The van der Waals surface area contributed by atoms with Crippen molar-refractivity contribution in [3.05, 3.63) is 36.8 Å².